The zero-order chi connectivity index (χ0) is 28.3. The van der Waals surface area contributed by atoms with Crippen LogP contribution >= 0.6 is 0 Å². The fraction of sp³-hybridized carbons (Fsp3) is 0.677. The molecule has 1 unspecified atom stereocenters. The Morgan fingerprint density at radius 2 is 1.85 bits per heavy atom. The molecule has 4 aliphatic heterocycles. The van der Waals surface area contributed by atoms with Gasteiger partial charge in [-0.2, -0.15) is 0 Å². The summed E-state index contributed by atoms with van der Waals surface area (Å²) in [6.45, 7) is 9.55. The zero-order valence-corrected chi connectivity index (χ0v) is 24.2. The van der Waals surface area contributed by atoms with Crippen LogP contribution in [0.4, 0.5) is 0 Å². The molecular weight excluding hydrogens is 514 g/mol. The van der Waals surface area contributed by atoms with E-state index >= 15 is 0 Å². The molecule has 0 radical (unpaired) electrons. The summed E-state index contributed by atoms with van der Waals surface area (Å²) in [6.07, 6.45) is 5.77. The van der Waals surface area contributed by atoms with Gasteiger partial charge in [0.2, 0.25) is 6.79 Å². The van der Waals surface area contributed by atoms with Gasteiger partial charge in [0.25, 0.3) is 0 Å². The molecule has 2 fully saturated rings. The standard InChI is InChI=1S/C31H41NO8/c1-19(2)38-25(33)17-31(11-6-9-29(3,4)40-31)28(34)39-27-24(35-5)16-30-10-7-12-32(30)13-8-20-14-22-23(37-18-36-22)15-21(20)26(27)30/h14-16,19,26-27H,6-13,17-18H2,1-5H3/t26-,27?,30-,31-/m1/s1. The highest BCUT2D eigenvalue weighted by Crippen LogP contribution is 2.56. The number of hydrogen-bond acceptors (Lipinski definition) is 9. The minimum Gasteiger partial charge on any atom is -0.497 e. The van der Waals surface area contributed by atoms with E-state index < -0.39 is 29.2 Å². The van der Waals surface area contributed by atoms with Crippen LogP contribution < -0.4 is 9.47 Å². The van der Waals surface area contributed by atoms with E-state index in [0.29, 0.717) is 17.9 Å². The first-order valence-corrected chi connectivity index (χ1v) is 14.6. The van der Waals surface area contributed by atoms with Crippen LogP contribution in [0.5, 0.6) is 11.5 Å². The first-order chi connectivity index (χ1) is 19.1. The molecule has 9 heteroatoms. The Kier molecular flexibility index (Phi) is 6.81. The van der Waals surface area contributed by atoms with Crippen LogP contribution in [0, 0.1) is 0 Å². The highest BCUT2D eigenvalue weighted by atomic mass is 16.7. The maximum Gasteiger partial charge on any atom is 0.339 e. The second-order valence-corrected chi connectivity index (χ2v) is 12.7. The van der Waals surface area contributed by atoms with Gasteiger partial charge in [-0.05, 0) is 102 Å². The van der Waals surface area contributed by atoms with Crippen molar-refractivity contribution in [3.8, 4) is 11.5 Å². The van der Waals surface area contributed by atoms with Crippen LogP contribution in [0.15, 0.2) is 24.0 Å². The van der Waals surface area contributed by atoms with Crippen LogP contribution in [-0.4, -0.2) is 72.8 Å². The van der Waals surface area contributed by atoms with Crippen LogP contribution in [0.1, 0.15) is 83.3 Å². The number of esters is 2. The van der Waals surface area contributed by atoms with E-state index in [9.17, 15) is 9.59 Å². The molecule has 1 aliphatic carbocycles. The molecule has 0 bridgehead atoms. The van der Waals surface area contributed by atoms with Crippen molar-refractivity contribution in [3.63, 3.8) is 0 Å². The number of rotatable bonds is 6. The Balaban J connectivity index is 1.39. The summed E-state index contributed by atoms with van der Waals surface area (Å²) < 4.78 is 35.8. The van der Waals surface area contributed by atoms with Crippen molar-refractivity contribution in [2.75, 3.05) is 27.0 Å². The number of nitrogens with zero attached hydrogens (tertiary/aromatic N) is 1. The highest BCUT2D eigenvalue weighted by Gasteiger charge is 2.60. The Labute approximate surface area is 236 Å². The van der Waals surface area contributed by atoms with Crippen molar-refractivity contribution in [1.82, 2.24) is 4.90 Å². The van der Waals surface area contributed by atoms with E-state index in [-0.39, 0.29) is 30.8 Å². The average Bonchev–Trinajstić information content (AvgIpc) is 3.56. The number of benzene rings is 1. The highest BCUT2D eigenvalue weighted by molar-refractivity contribution is 5.86. The Morgan fingerprint density at radius 1 is 1.07 bits per heavy atom. The quantitative estimate of drug-likeness (QED) is 0.474. The average molecular weight is 556 g/mol. The molecular formula is C31H41NO8. The first kappa shape index (κ1) is 27.4. The van der Waals surface area contributed by atoms with Gasteiger partial charge in [-0.15, -0.1) is 0 Å². The summed E-state index contributed by atoms with van der Waals surface area (Å²) in [5.41, 5.74) is -0.0967. The maximum atomic E-state index is 14.3. The summed E-state index contributed by atoms with van der Waals surface area (Å²) >= 11 is 0. The number of methoxy groups -OCH3 is 1. The molecule has 5 aliphatic rings. The molecule has 9 nitrogen and oxygen atoms in total. The van der Waals surface area contributed by atoms with Crippen molar-refractivity contribution in [3.05, 3.63) is 35.1 Å². The Bertz CT molecular complexity index is 1220. The summed E-state index contributed by atoms with van der Waals surface area (Å²) in [5.74, 6) is 0.887. The largest absolute Gasteiger partial charge is 0.497 e. The number of ether oxygens (including phenoxy) is 6. The molecule has 0 N–H and O–H groups in total. The summed E-state index contributed by atoms with van der Waals surface area (Å²) in [6, 6.07) is 4.14. The molecule has 218 valence electrons. The molecule has 0 saturated carbocycles. The third-order valence-electron chi connectivity index (χ3n) is 9.20. The monoisotopic (exact) mass is 555 g/mol. The molecule has 40 heavy (non-hydrogen) atoms. The third kappa shape index (κ3) is 4.55. The minimum absolute atomic E-state index is 0.191. The smallest absolute Gasteiger partial charge is 0.339 e. The molecule has 1 spiro atoms. The zero-order valence-electron chi connectivity index (χ0n) is 24.2. The van der Waals surface area contributed by atoms with Gasteiger partial charge < -0.3 is 28.4 Å². The lowest BCUT2D eigenvalue weighted by Crippen LogP contribution is -2.54. The van der Waals surface area contributed by atoms with E-state index in [1.165, 1.54) is 5.56 Å². The topological polar surface area (TPSA) is 92.8 Å². The predicted molar refractivity (Wildman–Crippen MR) is 145 cm³/mol. The second-order valence-electron chi connectivity index (χ2n) is 12.7. The lowest BCUT2D eigenvalue weighted by atomic mass is 9.77. The molecule has 1 aromatic carbocycles. The Hall–Kier alpha value is -2.78. The van der Waals surface area contributed by atoms with Crippen LogP contribution in [-0.2, 0) is 35.0 Å². The van der Waals surface area contributed by atoms with Crippen LogP contribution in [0.3, 0.4) is 0 Å². The summed E-state index contributed by atoms with van der Waals surface area (Å²) in [4.78, 5) is 29.7. The fourth-order valence-corrected chi connectivity index (χ4v) is 7.63. The van der Waals surface area contributed by atoms with Gasteiger partial charge in [0.1, 0.15) is 5.76 Å². The third-order valence-corrected chi connectivity index (χ3v) is 9.20. The molecule has 6 rings (SSSR count). The van der Waals surface area contributed by atoms with E-state index in [1.807, 2.05) is 13.8 Å². The van der Waals surface area contributed by atoms with Crippen LogP contribution in [0.25, 0.3) is 0 Å². The van der Waals surface area contributed by atoms with Crippen molar-refractivity contribution in [1.29, 1.82) is 0 Å². The van der Waals surface area contributed by atoms with Gasteiger partial charge in [0, 0.05) is 6.54 Å². The number of fused-ring (bicyclic) bond motifs is 3. The normalized spacial score (nSPS) is 32.0. The van der Waals surface area contributed by atoms with Gasteiger partial charge in [0.15, 0.2) is 23.2 Å². The molecule has 4 heterocycles. The van der Waals surface area contributed by atoms with Crippen molar-refractivity contribution < 1.29 is 38.0 Å². The molecule has 0 aromatic heterocycles. The second kappa shape index (κ2) is 9.94. The number of hydrogen-bond donors (Lipinski definition) is 0. The lowest BCUT2D eigenvalue weighted by molar-refractivity contribution is -0.217. The van der Waals surface area contributed by atoms with E-state index in [1.54, 1.807) is 21.0 Å². The van der Waals surface area contributed by atoms with Gasteiger partial charge in [0.05, 0.1) is 36.7 Å². The molecule has 1 aromatic rings. The predicted octanol–water partition coefficient (Wildman–Crippen LogP) is 4.40. The minimum atomic E-state index is -1.43. The van der Waals surface area contributed by atoms with E-state index in [0.717, 1.165) is 56.5 Å². The molecule has 4 atom stereocenters. The summed E-state index contributed by atoms with van der Waals surface area (Å²) in [5, 5.41) is 0. The van der Waals surface area contributed by atoms with Crippen molar-refractivity contribution >= 4 is 11.9 Å². The number of carbonyl (C=O) groups is 2. The van der Waals surface area contributed by atoms with Crippen molar-refractivity contribution in [2.45, 2.75) is 108 Å². The van der Waals surface area contributed by atoms with Gasteiger partial charge >= 0.3 is 11.9 Å². The van der Waals surface area contributed by atoms with E-state index in [4.69, 9.17) is 28.4 Å². The van der Waals surface area contributed by atoms with Crippen molar-refractivity contribution in [2.24, 2.45) is 0 Å². The number of carbonyl (C=O) groups excluding carboxylic acids is 2. The fourth-order valence-electron chi connectivity index (χ4n) is 7.63. The maximum absolute atomic E-state index is 14.3. The lowest BCUT2D eigenvalue weighted by Gasteiger charge is -2.44. The Morgan fingerprint density at radius 3 is 2.58 bits per heavy atom. The first-order valence-electron chi connectivity index (χ1n) is 14.6. The van der Waals surface area contributed by atoms with Gasteiger partial charge in [-0.25, -0.2) is 4.79 Å². The van der Waals surface area contributed by atoms with Gasteiger partial charge in [-0.1, -0.05) is 0 Å². The molecule has 2 saturated heterocycles. The summed E-state index contributed by atoms with van der Waals surface area (Å²) in [7, 11) is 1.63. The SMILES string of the molecule is COC1=C[C@@]23CCCN2CCc2cc4c(cc2[C@@H]3C1OC(=O)[C@]1(CC(=O)OC(C)C)CCCC(C)(C)O1)OCO4. The van der Waals surface area contributed by atoms with Gasteiger partial charge in [-0.3, -0.25) is 9.69 Å². The molecule has 0 amide bonds. The van der Waals surface area contributed by atoms with E-state index in [2.05, 4.69) is 23.1 Å². The van der Waals surface area contributed by atoms with Crippen LogP contribution in [0.2, 0.25) is 0 Å².